The largest absolute Gasteiger partial charge is 0.318 e. The van der Waals surface area contributed by atoms with Crippen LogP contribution in [0.3, 0.4) is 0 Å². The van der Waals surface area contributed by atoms with Crippen LogP contribution in [0.1, 0.15) is 25.7 Å². The molecule has 0 heterocycles. The summed E-state index contributed by atoms with van der Waals surface area (Å²) in [5.41, 5.74) is 0. The smallest absolute Gasteiger partial charge is 0.0672 e. The highest BCUT2D eigenvalue weighted by atomic mass is 14.8. The third-order valence-corrected chi connectivity index (χ3v) is 2.56. The first-order valence-electron chi connectivity index (χ1n) is 4.42. The predicted octanol–water partition coefficient (Wildman–Crippen LogP) is 1.54. The van der Waals surface area contributed by atoms with Gasteiger partial charge in [0.25, 0.3) is 0 Å². The molecule has 62 valence electrons. The Morgan fingerprint density at radius 3 is 2.64 bits per heavy atom. The van der Waals surface area contributed by atoms with Crippen LogP contribution in [0.15, 0.2) is 0 Å². The van der Waals surface area contributed by atoms with Gasteiger partial charge in [0.05, 0.1) is 12.0 Å². The Labute approximate surface area is 68.6 Å². The van der Waals surface area contributed by atoms with Gasteiger partial charge < -0.3 is 5.32 Å². The molecule has 0 bridgehead atoms. The molecule has 0 aliphatic heterocycles. The minimum absolute atomic E-state index is 0.252. The Hall–Kier alpha value is -0.550. The van der Waals surface area contributed by atoms with Gasteiger partial charge in [0.15, 0.2) is 0 Å². The van der Waals surface area contributed by atoms with E-state index in [-0.39, 0.29) is 5.92 Å². The normalized spacial score (nSPS) is 21.5. The molecule has 2 heteroatoms. The van der Waals surface area contributed by atoms with Crippen LogP contribution < -0.4 is 5.32 Å². The summed E-state index contributed by atoms with van der Waals surface area (Å²) in [4.78, 5) is 0. The number of nitrogens with zero attached hydrogens (tertiary/aromatic N) is 1. The van der Waals surface area contributed by atoms with Gasteiger partial charge in [0, 0.05) is 6.54 Å². The molecule has 0 aromatic rings. The Balaban J connectivity index is 2.35. The number of rotatable bonds is 3. The van der Waals surface area contributed by atoms with Crippen LogP contribution in [0, 0.1) is 23.2 Å². The fourth-order valence-corrected chi connectivity index (χ4v) is 1.90. The van der Waals surface area contributed by atoms with E-state index in [2.05, 4.69) is 11.4 Å². The van der Waals surface area contributed by atoms with E-state index < -0.39 is 0 Å². The first kappa shape index (κ1) is 8.55. The van der Waals surface area contributed by atoms with Crippen molar-refractivity contribution in [2.75, 3.05) is 13.6 Å². The highest BCUT2D eigenvalue weighted by Gasteiger charge is 2.23. The maximum absolute atomic E-state index is 8.83. The maximum Gasteiger partial charge on any atom is 0.0672 e. The molecule has 0 amide bonds. The fourth-order valence-electron chi connectivity index (χ4n) is 1.90. The van der Waals surface area contributed by atoms with Crippen LogP contribution in [0.2, 0.25) is 0 Å². The zero-order chi connectivity index (χ0) is 8.10. The molecule has 1 aliphatic rings. The van der Waals surface area contributed by atoms with Crippen molar-refractivity contribution in [3.8, 4) is 6.07 Å². The average molecular weight is 152 g/mol. The lowest BCUT2D eigenvalue weighted by Crippen LogP contribution is -2.23. The fraction of sp³-hybridized carbons (Fsp3) is 0.889. The summed E-state index contributed by atoms with van der Waals surface area (Å²) in [6.45, 7) is 0.862. The van der Waals surface area contributed by atoms with Crippen molar-refractivity contribution in [3.05, 3.63) is 0 Å². The van der Waals surface area contributed by atoms with Gasteiger partial charge in [-0.1, -0.05) is 12.8 Å². The van der Waals surface area contributed by atoms with Crippen molar-refractivity contribution in [3.63, 3.8) is 0 Å². The molecule has 1 saturated carbocycles. The van der Waals surface area contributed by atoms with E-state index in [0.717, 1.165) is 6.54 Å². The molecule has 0 aromatic carbocycles. The minimum Gasteiger partial charge on any atom is -0.318 e. The van der Waals surface area contributed by atoms with Crippen molar-refractivity contribution >= 4 is 0 Å². The second-order valence-electron chi connectivity index (χ2n) is 3.34. The molecule has 1 aliphatic carbocycles. The van der Waals surface area contributed by atoms with Crippen molar-refractivity contribution in [2.45, 2.75) is 25.7 Å². The van der Waals surface area contributed by atoms with Gasteiger partial charge in [-0.2, -0.15) is 5.26 Å². The first-order chi connectivity index (χ1) is 5.38. The highest BCUT2D eigenvalue weighted by molar-refractivity contribution is 4.91. The molecule has 11 heavy (non-hydrogen) atoms. The monoisotopic (exact) mass is 152 g/mol. The van der Waals surface area contributed by atoms with Crippen molar-refractivity contribution in [1.29, 1.82) is 5.26 Å². The Morgan fingerprint density at radius 2 is 2.18 bits per heavy atom. The second-order valence-corrected chi connectivity index (χ2v) is 3.34. The topological polar surface area (TPSA) is 35.8 Å². The van der Waals surface area contributed by atoms with Gasteiger partial charge in [-0.3, -0.25) is 0 Å². The van der Waals surface area contributed by atoms with E-state index in [9.17, 15) is 0 Å². The molecule has 0 radical (unpaired) electrons. The van der Waals surface area contributed by atoms with Crippen LogP contribution in [-0.2, 0) is 0 Å². The zero-order valence-electron chi connectivity index (χ0n) is 7.14. The van der Waals surface area contributed by atoms with Crippen LogP contribution >= 0.6 is 0 Å². The molecule has 1 N–H and O–H groups in total. The lowest BCUT2D eigenvalue weighted by molar-refractivity contribution is 0.402. The number of nitriles is 1. The third-order valence-electron chi connectivity index (χ3n) is 2.56. The molecular weight excluding hydrogens is 136 g/mol. The summed E-state index contributed by atoms with van der Waals surface area (Å²) < 4.78 is 0. The van der Waals surface area contributed by atoms with Gasteiger partial charge in [0.1, 0.15) is 0 Å². The lowest BCUT2D eigenvalue weighted by Gasteiger charge is -2.14. The summed E-state index contributed by atoms with van der Waals surface area (Å²) in [7, 11) is 1.92. The molecule has 1 unspecified atom stereocenters. The SMILES string of the molecule is CNCC(C#N)C1CCCC1. The van der Waals surface area contributed by atoms with E-state index in [1.54, 1.807) is 0 Å². The summed E-state index contributed by atoms with van der Waals surface area (Å²) in [5.74, 6) is 0.926. The van der Waals surface area contributed by atoms with Gasteiger partial charge in [0.2, 0.25) is 0 Å². The van der Waals surface area contributed by atoms with Crippen LogP contribution in [0.4, 0.5) is 0 Å². The number of hydrogen-bond donors (Lipinski definition) is 1. The van der Waals surface area contributed by atoms with Crippen LogP contribution in [0.25, 0.3) is 0 Å². The van der Waals surface area contributed by atoms with E-state index >= 15 is 0 Å². The van der Waals surface area contributed by atoms with E-state index in [4.69, 9.17) is 5.26 Å². The quantitative estimate of drug-likeness (QED) is 0.665. The molecule has 1 fully saturated rings. The van der Waals surface area contributed by atoms with Gasteiger partial charge >= 0.3 is 0 Å². The Kier molecular flexibility index (Phi) is 3.38. The summed E-state index contributed by atoms with van der Waals surface area (Å²) >= 11 is 0. The minimum atomic E-state index is 0.252. The second kappa shape index (κ2) is 4.35. The van der Waals surface area contributed by atoms with Gasteiger partial charge in [-0.15, -0.1) is 0 Å². The number of hydrogen-bond acceptors (Lipinski definition) is 2. The summed E-state index contributed by atoms with van der Waals surface area (Å²) in [5, 5.41) is 11.9. The molecule has 0 spiro atoms. The van der Waals surface area contributed by atoms with Crippen molar-refractivity contribution in [1.82, 2.24) is 5.32 Å². The maximum atomic E-state index is 8.83. The highest BCUT2D eigenvalue weighted by Crippen LogP contribution is 2.30. The molecule has 2 nitrogen and oxygen atoms in total. The first-order valence-corrected chi connectivity index (χ1v) is 4.42. The van der Waals surface area contributed by atoms with Crippen molar-refractivity contribution in [2.24, 2.45) is 11.8 Å². The lowest BCUT2D eigenvalue weighted by atomic mass is 9.92. The standard InChI is InChI=1S/C9H16N2/c1-11-7-9(6-10)8-4-2-3-5-8/h8-9,11H,2-5,7H2,1H3. The van der Waals surface area contributed by atoms with Gasteiger partial charge in [-0.25, -0.2) is 0 Å². The Bertz CT molecular complexity index is 142. The Morgan fingerprint density at radius 1 is 1.55 bits per heavy atom. The summed E-state index contributed by atoms with van der Waals surface area (Å²) in [6, 6.07) is 2.38. The van der Waals surface area contributed by atoms with E-state index in [0.29, 0.717) is 5.92 Å². The molecular formula is C9H16N2. The van der Waals surface area contributed by atoms with Crippen LogP contribution in [-0.4, -0.2) is 13.6 Å². The van der Waals surface area contributed by atoms with Gasteiger partial charge in [-0.05, 0) is 25.8 Å². The zero-order valence-corrected chi connectivity index (χ0v) is 7.14. The molecule has 0 aromatic heterocycles. The molecule has 1 atom stereocenters. The molecule has 1 rings (SSSR count). The average Bonchev–Trinajstić information content (AvgIpc) is 2.52. The summed E-state index contributed by atoms with van der Waals surface area (Å²) in [6.07, 6.45) is 5.18. The van der Waals surface area contributed by atoms with E-state index in [1.165, 1.54) is 25.7 Å². The number of nitrogens with one attached hydrogen (secondary N) is 1. The third kappa shape index (κ3) is 2.20. The van der Waals surface area contributed by atoms with Crippen molar-refractivity contribution < 1.29 is 0 Å². The van der Waals surface area contributed by atoms with E-state index in [1.807, 2.05) is 7.05 Å². The molecule has 0 saturated heterocycles. The predicted molar refractivity (Wildman–Crippen MR) is 45.0 cm³/mol. The van der Waals surface area contributed by atoms with Crippen LogP contribution in [0.5, 0.6) is 0 Å².